The lowest BCUT2D eigenvalue weighted by Crippen LogP contribution is -2.29. The Bertz CT molecular complexity index is 1170. The molecule has 1 aromatic carbocycles. The molecule has 4 rings (SSSR count). The molecule has 2 atom stereocenters. The second kappa shape index (κ2) is 7.12. The SMILES string of the molecule is C[C@@H]1CN(S(=O)(=O)c2ccc(O)cc2)C[C@@H]1n1nc(CC(=O)O)c2cccnc21. The highest BCUT2D eigenvalue weighted by Gasteiger charge is 2.39. The number of carboxylic acids is 1. The Morgan fingerprint density at radius 1 is 1.21 bits per heavy atom. The van der Waals surface area contributed by atoms with Gasteiger partial charge in [0, 0.05) is 24.7 Å². The maximum atomic E-state index is 13.0. The van der Waals surface area contributed by atoms with Crippen molar-refractivity contribution >= 4 is 27.0 Å². The van der Waals surface area contributed by atoms with Gasteiger partial charge in [0.25, 0.3) is 0 Å². The van der Waals surface area contributed by atoms with Gasteiger partial charge >= 0.3 is 5.97 Å². The number of pyridine rings is 1. The van der Waals surface area contributed by atoms with E-state index in [-0.39, 0.29) is 35.6 Å². The molecule has 3 aromatic rings. The lowest BCUT2D eigenvalue weighted by molar-refractivity contribution is -0.136. The zero-order valence-corrected chi connectivity index (χ0v) is 16.5. The summed E-state index contributed by atoms with van der Waals surface area (Å²) in [6.07, 6.45) is 1.38. The number of aromatic nitrogens is 3. The minimum Gasteiger partial charge on any atom is -0.508 e. The Hall–Kier alpha value is -2.98. The molecule has 152 valence electrons. The van der Waals surface area contributed by atoms with Crippen LogP contribution in [0.3, 0.4) is 0 Å². The standard InChI is InChI=1S/C19H20N4O5S/c1-12-10-22(29(27,28)14-6-4-13(24)5-7-14)11-17(12)23-19-15(3-2-8-20-19)16(21-23)9-18(25)26/h2-8,12,17,24H,9-11H2,1H3,(H,25,26)/t12-,17+/m1/s1. The van der Waals surface area contributed by atoms with Crippen LogP contribution in [-0.2, 0) is 21.2 Å². The van der Waals surface area contributed by atoms with Crippen molar-refractivity contribution in [3.63, 3.8) is 0 Å². The highest BCUT2D eigenvalue weighted by atomic mass is 32.2. The number of carboxylic acid groups (broad SMARTS) is 1. The molecule has 1 aliphatic heterocycles. The van der Waals surface area contributed by atoms with Gasteiger partial charge in [0.05, 0.1) is 23.1 Å². The molecule has 0 radical (unpaired) electrons. The van der Waals surface area contributed by atoms with Crippen LogP contribution in [0.15, 0.2) is 47.5 Å². The van der Waals surface area contributed by atoms with Crippen molar-refractivity contribution in [2.75, 3.05) is 13.1 Å². The monoisotopic (exact) mass is 416 g/mol. The number of rotatable bonds is 5. The summed E-state index contributed by atoms with van der Waals surface area (Å²) < 4.78 is 29.1. The van der Waals surface area contributed by atoms with Gasteiger partial charge < -0.3 is 10.2 Å². The molecule has 0 saturated carbocycles. The number of hydrogen-bond acceptors (Lipinski definition) is 6. The van der Waals surface area contributed by atoms with Crippen LogP contribution in [0, 0.1) is 5.92 Å². The average Bonchev–Trinajstić information content (AvgIpc) is 3.23. The number of sulfonamides is 1. The summed E-state index contributed by atoms with van der Waals surface area (Å²) in [7, 11) is -3.73. The minimum absolute atomic E-state index is 0.00309. The van der Waals surface area contributed by atoms with Gasteiger partial charge in [-0.25, -0.2) is 18.1 Å². The Morgan fingerprint density at radius 2 is 1.93 bits per heavy atom. The number of aliphatic carboxylic acids is 1. The molecule has 1 aliphatic rings. The first-order valence-corrected chi connectivity index (χ1v) is 10.5. The van der Waals surface area contributed by atoms with E-state index in [0.717, 1.165) is 0 Å². The van der Waals surface area contributed by atoms with Crippen LogP contribution >= 0.6 is 0 Å². The van der Waals surface area contributed by atoms with E-state index in [9.17, 15) is 23.4 Å². The van der Waals surface area contributed by atoms with Crippen molar-refractivity contribution in [3.05, 3.63) is 48.3 Å². The van der Waals surface area contributed by atoms with Crippen LogP contribution in [0.1, 0.15) is 18.7 Å². The number of carbonyl (C=O) groups is 1. The Labute approximate surface area is 167 Å². The summed E-state index contributed by atoms with van der Waals surface area (Å²) >= 11 is 0. The molecule has 9 nitrogen and oxygen atoms in total. The van der Waals surface area contributed by atoms with E-state index < -0.39 is 16.0 Å². The summed E-state index contributed by atoms with van der Waals surface area (Å²) in [5.74, 6) is -1.04. The number of fused-ring (bicyclic) bond motifs is 1. The first kappa shape index (κ1) is 19.3. The van der Waals surface area contributed by atoms with Gasteiger partial charge in [0.1, 0.15) is 5.75 Å². The molecule has 10 heteroatoms. The molecule has 3 heterocycles. The Kier molecular flexibility index (Phi) is 4.75. The maximum absolute atomic E-state index is 13.0. The number of nitrogens with zero attached hydrogens (tertiary/aromatic N) is 4. The van der Waals surface area contributed by atoms with E-state index in [1.54, 1.807) is 23.0 Å². The number of aromatic hydroxyl groups is 1. The molecular formula is C19H20N4O5S. The first-order valence-electron chi connectivity index (χ1n) is 9.10. The fourth-order valence-electron chi connectivity index (χ4n) is 3.73. The fraction of sp³-hybridized carbons (Fsp3) is 0.316. The summed E-state index contributed by atoms with van der Waals surface area (Å²) in [5, 5.41) is 23.7. The van der Waals surface area contributed by atoms with Gasteiger partial charge in [0.15, 0.2) is 5.65 Å². The largest absolute Gasteiger partial charge is 0.508 e. The van der Waals surface area contributed by atoms with Crippen LogP contribution in [0.4, 0.5) is 0 Å². The molecule has 0 amide bonds. The van der Waals surface area contributed by atoms with Crippen LogP contribution in [-0.4, -0.2) is 56.8 Å². The molecule has 1 saturated heterocycles. The zero-order valence-electron chi connectivity index (χ0n) is 15.6. The van der Waals surface area contributed by atoms with E-state index in [2.05, 4.69) is 10.1 Å². The predicted molar refractivity (Wildman–Crippen MR) is 104 cm³/mol. The van der Waals surface area contributed by atoms with Crippen molar-refractivity contribution in [1.82, 2.24) is 19.1 Å². The summed E-state index contributed by atoms with van der Waals surface area (Å²) in [4.78, 5) is 15.7. The lowest BCUT2D eigenvalue weighted by Gasteiger charge is -2.17. The van der Waals surface area contributed by atoms with Gasteiger partial charge in [-0.05, 0) is 42.3 Å². The zero-order chi connectivity index (χ0) is 20.8. The van der Waals surface area contributed by atoms with Gasteiger partial charge in [-0.3, -0.25) is 4.79 Å². The number of phenolic OH excluding ortho intramolecular Hbond substituents is 1. The van der Waals surface area contributed by atoms with E-state index in [0.29, 0.717) is 23.3 Å². The molecule has 0 spiro atoms. The second-order valence-electron chi connectivity index (χ2n) is 7.20. The average molecular weight is 416 g/mol. The van der Waals surface area contributed by atoms with Crippen molar-refractivity contribution in [2.24, 2.45) is 5.92 Å². The molecule has 0 bridgehead atoms. The molecule has 1 fully saturated rings. The van der Waals surface area contributed by atoms with Gasteiger partial charge in [0.2, 0.25) is 10.0 Å². The number of hydrogen-bond donors (Lipinski definition) is 2. The molecule has 0 aliphatic carbocycles. The third-order valence-corrected chi connectivity index (χ3v) is 7.04. The van der Waals surface area contributed by atoms with Gasteiger partial charge in [-0.2, -0.15) is 9.40 Å². The van der Waals surface area contributed by atoms with E-state index in [1.807, 2.05) is 6.92 Å². The van der Waals surface area contributed by atoms with Gasteiger partial charge in [-0.15, -0.1) is 0 Å². The Morgan fingerprint density at radius 3 is 2.62 bits per heavy atom. The highest BCUT2D eigenvalue weighted by Crippen LogP contribution is 2.34. The molecule has 29 heavy (non-hydrogen) atoms. The number of phenols is 1. The highest BCUT2D eigenvalue weighted by molar-refractivity contribution is 7.89. The third kappa shape index (κ3) is 3.45. The smallest absolute Gasteiger partial charge is 0.309 e. The fourth-order valence-corrected chi connectivity index (χ4v) is 5.29. The quantitative estimate of drug-likeness (QED) is 0.648. The Balaban J connectivity index is 1.69. The second-order valence-corrected chi connectivity index (χ2v) is 9.13. The lowest BCUT2D eigenvalue weighted by atomic mass is 10.1. The summed E-state index contributed by atoms with van der Waals surface area (Å²) in [5.41, 5.74) is 0.956. The minimum atomic E-state index is -3.73. The van der Waals surface area contributed by atoms with Gasteiger partial charge in [-0.1, -0.05) is 6.92 Å². The maximum Gasteiger partial charge on any atom is 0.309 e. The summed E-state index contributed by atoms with van der Waals surface area (Å²) in [6.45, 7) is 2.44. The van der Waals surface area contributed by atoms with Crippen molar-refractivity contribution in [3.8, 4) is 5.75 Å². The van der Waals surface area contributed by atoms with Crippen molar-refractivity contribution < 1.29 is 23.4 Å². The molecule has 2 aromatic heterocycles. The first-order chi connectivity index (χ1) is 13.8. The molecule has 0 unspecified atom stereocenters. The van der Waals surface area contributed by atoms with Crippen LogP contribution in [0.2, 0.25) is 0 Å². The van der Waals surface area contributed by atoms with Crippen molar-refractivity contribution in [2.45, 2.75) is 24.3 Å². The van der Waals surface area contributed by atoms with Crippen LogP contribution < -0.4 is 0 Å². The molecule has 2 N–H and O–H groups in total. The third-order valence-electron chi connectivity index (χ3n) is 5.19. The topological polar surface area (TPSA) is 126 Å². The van der Waals surface area contributed by atoms with Crippen molar-refractivity contribution in [1.29, 1.82) is 0 Å². The predicted octanol–water partition coefficient (Wildman–Crippen LogP) is 1.65. The van der Waals surface area contributed by atoms with E-state index >= 15 is 0 Å². The number of benzene rings is 1. The normalized spacial score (nSPS) is 20.3. The van der Waals surface area contributed by atoms with Crippen LogP contribution in [0.5, 0.6) is 5.75 Å². The van der Waals surface area contributed by atoms with Crippen LogP contribution in [0.25, 0.3) is 11.0 Å². The summed E-state index contributed by atoms with van der Waals surface area (Å²) in [6, 6.07) is 8.65. The molecular weight excluding hydrogens is 396 g/mol. The van der Waals surface area contributed by atoms with E-state index in [4.69, 9.17) is 0 Å². The van der Waals surface area contributed by atoms with E-state index in [1.165, 1.54) is 28.6 Å².